The molecule has 2 fully saturated rings. The highest BCUT2D eigenvalue weighted by molar-refractivity contribution is 5.23. The van der Waals surface area contributed by atoms with Gasteiger partial charge in [0.05, 0.1) is 0 Å². The molecule has 0 spiro atoms. The smallest absolute Gasteiger partial charge is 0.0233 e. The summed E-state index contributed by atoms with van der Waals surface area (Å²) in [4.78, 5) is 5.10. The van der Waals surface area contributed by atoms with E-state index >= 15 is 0 Å². The molecule has 2 N–H and O–H groups in total. The molecule has 2 saturated heterocycles. The first-order valence-electron chi connectivity index (χ1n) is 9.31. The summed E-state index contributed by atoms with van der Waals surface area (Å²) >= 11 is 0. The molecule has 1 aromatic carbocycles. The van der Waals surface area contributed by atoms with Crippen molar-refractivity contribution in [3.8, 4) is 0 Å². The summed E-state index contributed by atoms with van der Waals surface area (Å²) in [7, 11) is 0. The van der Waals surface area contributed by atoms with Gasteiger partial charge in [0.25, 0.3) is 0 Å². The Morgan fingerprint density at radius 2 is 1.70 bits per heavy atom. The van der Waals surface area contributed by atoms with Crippen molar-refractivity contribution >= 4 is 0 Å². The molecule has 0 bridgehead atoms. The number of rotatable bonds is 6. The highest BCUT2D eigenvalue weighted by Crippen LogP contribution is 2.25. The maximum absolute atomic E-state index is 6.02. The maximum Gasteiger partial charge on any atom is 0.0233 e. The molecule has 3 rings (SSSR count). The molecule has 0 aliphatic carbocycles. The Labute approximate surface area is 141 Å². The number of benzene rings is 1. The average molecular weight is 316 g/mol. The first kappa shape index (κ1) is 16.9. The van der Waals surface area contributed by atoms with Crippen LogP contribution < -0.4 is 5.73 Å². The maximum atomic E-state index is 6.02. The van der Waals surface area contributed by atoms with Crippen LogP contribution in [0.2, 0.25) is 0 Å². The summed E-state index contributed by atoms with van der Waals surface area (Å²) in [6, 6.07) is 10.3. The van der Waals surface area contributed by atoms with Crippen molar-refractivity contribution in [2.75, 3.05) is 26.2 Å². The first-order valence-corrected chi connectivity index (χ1v) is 9.31. The van der Waals surface area contributed by atoms with Gasteiger partial charge in [-0.15, -0.1) is 0 Å². The Hall–Kier alpha value is -0.900. The summed E-state index contributed by atoms with van der Waals surface area (Å²) in [5.74, 6) is 1.73. The lowest BCUT2D eigenvalue weighted by Gasteiger charge is -2.41. The van der Waals surface area contributed by atoms with Gasteiger partial charge in [-0.3, -0.25) is 9.80 Å². The molecule has 0 aromatic heterocycles. The van der Waals surface area contributed by atoms with Crippen LogP contribution in [0.1, 0.15) is 38.3 Å². The minimum absolute atomic E-state index is 0.381. The van der Waals surface area contributed by atoms with Crippen LogP contribution in [-0.4, -0.2) is 48.1 Å². The van der Waals surface area contributed by atoms with Crippen molar-refractivity contribution < 1.29 is 0 Å². The fourth-order valence-corrected chi connectivity index (χ4v) is 3.89. The van der Waals surface area contributed by atoms with E-state index in [-0.39, 0.29) is 0 Å². The van der Waals surface area contributed by atoms with Crippen molar-refractivity contribution in [2.45, 2.75) is 52.2 Å². The van der Waals surface area contributed by atoms with Crippen molar-refractivity contribution in [1.29, 1.82) is 0 Å². The molecule has 2 unspecified atom stereocenters. The van der Waals surface area contributed by atoms with Crippen molar-refractivity contribution in [3.63, 3.8) is 0 Å². The third kappa shape index (κ3) is 4.34. The molecule has 1 aromatic rings. The lowest BCUT2D eigenvalue weighted by atomic mass is 9.88. The monoisotopic (exact) mass is 315 g/mol. The minimum Gasteiger partial charge on any atom is -0.326 e. The number of hydrogen-bond donors (Lipinski definition) is 1. The number of hydrogen-bond acceptors (Lipinski definition) is 3. The molecule has 0 radical (unpaired) electrons. The molecule has 2 aliphatic heterocycles. The van der Waals surface area contributed by atoms with E-state index in [2.05, 4.69) is 54.8 Å². The molecule has 128 valence electrons. The summed E-state index contributed by atoms with van der Waals surface area (Å²) in [6.07, 6.45) is 2.28. The molecular weight excluding hydrogens is 282 g/mol. The number of nitrogens with two attached hydrogens (primary N) is 1. The molecule has 23 heavy (non-hydrogen) atoms. The zero-order valence-corrected chi connectivity index (χ0v) is 15.0. The molecule has 2 atom stereocenters. The van der Waals surface area contributed by atoms with Crippen LogP contribution in [0.5, 0.6) is 0 Å². The van der Waals surface area contributed by atoms with Crippen LogP contribution in [0, 0.1) is 11.8 Å². The summed E-state index contributed by atoms with van der Waals surface area (Å²) < 4.78 is 0. The highest BCUT2D eigenvalue weighted by Gasteiger charge is 2.28. The van der Waals surface area contributed by atoms with E-state index in [0.29, 0.717) is 12.1 Å². The zero-order valence-electron chi connectivity index (χ0n) is 15.0. The van der Waals surface area contributed by atoms with E-state index < -0.39 is 0 Å². The van der Waals surface area contributed by atoms with E-state index in [9.17, 15) is 0 Å². The SMILES string of the molecule is CC(C)C1CN(Cc2ccc(CC(C)N3CCC(N)C3)cc2)C1. The predicted molar refractivity (Wildman–Crippen MR) is 97.4 cm³/mol. The van der Waals surface area contributed by atoms with E-state index in [1.807, 2.05) is 0 Å². The van der Waals surface area contributed by atoms with Crippen LogP contribution in [0.15, 0.2) is 24.3 Å². The van der Waals surface area contributed by atoms with Crippen LogP contribution in [0.4, 0.5) is 0 Å². The fraction of sp³-hybridized carbons (Fsp3) is 0.700. The Kier molecular flexibility index (Phi) is 5.40. The quantitative estimate of drug-likeness (QED) is 0.876. The molecule has 0 saturated carbocycles. The summed E-state index contributed by atoms with van der Waals surface area (Å²) in [5.41, 5.74) is 8.92. The normalized spacial score (nSPS) is 25.0. The van der Waals surface area contributed by atoms with Crippen LogP contribution in [0.25, 0.3) is 0 Å². The molecular formula is C20H33N3. The van der Waals surface area contributed by atoms with Gasteiger partial charge in [-0.25, -0.2) is 0 Å². The van der Waals surface area contributed by atoms with Crippen molar-refractivity contribution in [1.82, 2.24) is 9.80 Å². The van der Waals surface area contributed by atoms with Gasteiger partial charge in [-0.2, -0.15) is 0 Å². The topological polar surface area (TPSA) is 32.5 Å². The predicted octanol–water partition coefficient (Wildman–Crippen LogP) is 2.74. The van der Waals surface area contributed by atoms with Gasteiger partial charge in [0, 0.05) is 44.8 Å². The van der Waals surface area contributed by atoms with Gasteiger partial charge in [0.15, 0.2) is 0 Å². The average Bonchev–Trinajstić information content (AvgIpc) is 2.90. The van der Waals surface area contributed by atoms with Crippen LogP contribution in [0.3, 0.4) is 0 Å². The van der Waals surface area contributed by atoms with Gasteiger partial charge in [0.1, 0.15) is 0 Å². The van der Waals surface area contributed by atoms with E-state index in [1.165, 1.54) is 24.2 Å². The van der Waals surface area contributed by atoms with E-state index in [0.717, 1.165) is 44.3 Å². The third-order valence-electron chi connectivity index (χ3n) is 5.77. The second kappa shape index (κ2) is 7.33. The Bertz CT molecular complexity index is 490. The largest absolute Gasteiger partial charge is 0.326 e. The van der Waals surface area contributed by atoms with E-state index in [1.54, 1.807) is 0 Å². The van der Waals surface area contributed by atoms with Crippen LogP contribution >= 0.6 is 0 Å². The van der Waals surface area contributed by atoms with Gasteiger partial charge >= 0.3 is 0 Å². The molecule has 3 heteroatoms. The van der Waals surface area contributed by atoms with Crippen LogP contribution in [-0.2, 0) is 13.0 Å². The van der Waals surface area contributed by atoms with Gasteiger partial charge in [0.2, 0.25) is 0 Å². The van der Waals surface area contributed by atoms with Gasteiger partial charge in [-0.05, 0) is 42.7 Å². The molecule has 2 aliphatic rings. The van der Waals surface area contributed by atoms with E-state index in [4.69, 9.17) is 5.73 Å². The lowest BCUT2D eigenvalue weighted by Crippen LogP contribution is -2.48. The standard InChI is InChI=1S/C20H33N3/c1-15(2)19-12-22(13-19)11-18-6-4-17(5-7-18)10-16(3)23-9-8-20(21)14-23/h4-7,15-16,19-20H,8-14,21H2,1-3H3. The lowest BCUT2D eigenvalue weighted by molar-refractivity contribution is 0.0614. The first-order chi connectivity index (χ1) is 11.0. The summed E-state index contributed by atoms with van der Waals surface area (Å²) in [5, 5.41) is 0. The molecule has 2 heterocycles. The Balaban J connectivity index is 1.46. The second-order valence-electron chi connectivity index (χ2n) is 8.11. The van der Waals surface area contributed by atoms with Gasteiger partial charge < -0.3 is 5.73 Å². The van der Waals surface area contributed by atoms with Gasteiger partial charge in [-0.1, -0.05) is 38.1 Å². The molecule has 0 amide bonds. The minimum atomic E-state index is 0.381. The fourth-order valence-electron chi connectivity index (χ4n) is 3.89. The third-order valence-corrected chi connectivity index (χ3v) is 5.77. The Morgan fingerprint density at radius 1 is 1.04 bits per heavy atom. The number of nitrogens with zero attached hydrogens (tertiary/aromatic N) is 2. The van der Waals surface area contributed by atoms with Crippen molar-refractivity contribution in [2.24, 2.45) is 17.6 Å². The highest BCUT2D eigenvalue weighted by atomic mass is 15.2. The molecule has 3 nitrogen and oxygen atoms in total. The summed E-state index contributed by atoms with van der Waals surface area (Å²) in [6.45, 7) is 12.9. The van der Waals surface area contributed by atoms with Crippen molar-refractivity contribution in [3.05, 3.63) is 35.4 Å². The Morgan fingerprint density at radius 3 is 2.26 bits per heavy atom. The zero-order chi connectivity index (χ0) is 16.4. The second-order valence-corrected chi connectivity index (χ2v) is 8.11. The number of likely N-dealkylation sites (tertiary alicyclic amines) is 2.